The molecule has 12 rings (SSSR count). The van der Waals surface area contributed by atoms with Crippen molar-refractivity contribution in [2.45, 2.75) is 5.92 Å². The van der Waals surface area contributed by atoms with Gasteiger partial charge in [-0.25, -0.2) is 0 Å². The fraction of sp³-hybridized carbons (Fsp3) is 0.0189. The van der Waals surface area contributed by atoms with E-state index >= 15 is 0 Å². The number of furan rings is 1. The van der Waals surface area contributed by atoms with Gasteiger partial charge in [0.1, 0.15) is 11.2 Å². The highest BCUT2D eigenvalue weighted by Crippen LogP contribution is 2.50. The van der Waals surface area contributed by atoms with Gasteiger partial charge in [0, 0.05) is 27.8 Å². The first-order chi connectivity index (χ1) is 27.3. The number of hydrogen-bond acceptors (Lipinski definition) is 1. The van der Waals surface area contributed by atoms with E-state index in [1.54, 1.807) is 0 Å². The van der Waals surface area contributed by atoms with E-state index in [4.69, 9.17) is 4.42 Å². The molecular formula is C53H33NO. The molecule has 0 spiro atoms. The van der Waals surface area contributed by atoms with Gasteiger partial charge in [0.15, 0.2) is 0 Å². The van der Waals surface area contributed by atoms with Gasteiger partial charge in [-0.15, -0.1) is 0 Å². The Morgan fingerprint density at radius 2 is 1.13 bits per heavy atom. The lowest BCUT2D eigenvalue weighted by molar-refractivity contribution is 0.673. The second-order valence-electron chi connectivity index (χ2n) is 14.8. The molecule has 0 saturated heterocycles. The maximum absolute atomic E-state index is 6.73. The van der Waals surface area contributed by atoms with E-state index in [1.165, 1.54) is 66.2 Å². The van der Waals surface area contributed by atoms with Crippen LogP contribution in [-0.2, 0) is 0 Å². The first kappa shape index (κ1) is 30.3. The van der Waals surface area contributed by atoms with Crippen LogP contribution in [0.3, 0.4) is 0 Å². The summed E-state index contributed by atoms with van der Waals surface area (Å²) in [6, 6.07) is 71.0. The van der Waals surface area contributed by atoms with Gasteiger partial charge in [0.2, 0.25) is 0 Å². The molecule has 0 aliphatic heterocycles. The van der Waals surface area contributed by atoms with Crippen molar-refractivity contribution in [2.75, 3.05) is 0 Å². The van der Waals surface area contributed by atoms with Crippen LogP contribution in [-0.4, -0.2) is 4.57 Å². The van der Waals surface area contributed by atoms with Crippen molar-refractivity contribution in [3.63, 3.8) is 0 Å². The summed E-state index contributed by atoms with van der Waals surface area (Å²) in [7, 11) is 0. The van der Waals surface area contributed by atoms with Crippen LogP contribution in [0.15, 0.2) is 199 Å². The molecular weight excluding hydrogens is 667 g/mol. The maximum Gasteiger partial charge on any atom is 0.145 e. The standard InChI is InChI=1S/C53H33NO/c1-2-11-33(12-3-1)36-15-10-16-40(30-36)54-48-27-24-38(32-47(48)52-49(54)28-26-45-42-18-8-9-20-50(42)55-53(45)52)37-23-25-44-46(31-37)41-17-6-7-19-43(41)51(44)39-22-21-34-13-4-5-14-35(34)29-39/h1-32,51H. The highest BCUT2D eigenvalue weighted by Gasteiger charge is 2.30. The molecule has 2 heteroatoms. The van der Waals surface area contributed by atoms with Crippen molar-refractivity contribution in [2.24, 2.45) is 0 Å². The highest BCUT2D eigenvalue weighted by molar-refractivity contribution is 6.24. The minimum absolute atomic E-state index is 0.193. The summed E-state index contributed by atoms with van der Waals surface area (Å²) in [5, 5.41) is 7.14. The Labute approximate surface area is 318 Å². The molecule has 1 atom stereocenters. The van der Waals surface area contributed by atoms with Crippen LogP contribution in [0.4, 0.5) is 0 Å². The van der Waals surface area contributed by atoms with E-state index in [1.807, 2.05) is 0 Å². The molecule has 55 heavy (non-hydrogen) atoms. The third-order valence-electron chi connectivity index (χ3n) is 11.9. The summed E-state index contributed by atoms with van der Waals surface area (Å²) in [5.41, 5.74) is 16.7. The van der Waals surface area contributed by atoms with Gasteiger partial charge in [-0.3, -0.25) is 0 Å². The SMILES string of the molecule is c1ccc(-c2cccc(-n3c4ccc(-c5ccc6c(c5)-c5ccccc5C6c5ccc6ccccc6c5)cc4c4c5oc6ccccc6c5ccc43)c2)cc1. The molecule has 2 aromatic heterocycles. The Balaban J connectivity index is 1.07. The van der Waals surface area contributed by atoms with E-state index in [9.17, 15) is 0 Å². The van der Waals surface area contributed by atoms with Crippen molar-refractivity contribution >= 4 is 54.5 Å². The summed E-state index contributed by atoms with van der Waals surface area (Å²) in [6.07, 6.45) is 0. The quantitative estimate of drug-likeness (QED) is 0.179. The van der Waals surface area contributed by atoms with Crippen molar-refractivity contribution in [3.8, 4) is 39.1 Å². The van der Waals surface area contributed by atoms with E-state index in [2.05, 4.69) is 199 Å². The summed E-state index contributed by atoms with van der Waals surface area (Å²) >= 11 is 0. The minimum Gasteiger partial charge on any atom is -0.455 e. The largest absolute Gasteiger partial charge is 0.455 e. The normalized spacial score (nSPS) is 13.6. The van der Waals surface area contributed by atoms with Crippen molar-refractivity contribution < 1.29 is 4.42 Å². The summed E-state index contributed by atoms with van der Waals surface area (Å²) < 4.78 is 9.13. The number of aromatic nitrogens is 1. The molecule has 0 N–H and O–H groups in total. The Hall–Kier alpha value is -7.16. The molecule has 0 saturated carbocycles. The van der Waals surface area contributed by atoms with E-state index in [-0.39, 0.29) is 5.92 Å². The third kappa shape index (κ3) is 4.55. The molecule has 256 valence electrons. The fourth-order valence-electron chi connectivity index (χ4n) is 9.33. The number of nitrogens with zero attached hydrogens (tertiary/aromatic N) is 1. The van der Waals surface area contributed by atoms with Gasteiger partial charge in [-0.1, -0.05) is 146 Å². The second kappa shape index (κ2) is 11.7. The molecule has 0 radical (unpaired) electrons. The maximum atomic E-state index is 6.73. The molecule has 1 aliphatic carbocycles. The molecule has 0 amide bonds. The first-order valence-corrected chi connectivity index (χ1v) is 19.0. The predicted molar refractivity (Wildman–Crippen MR) is 229 cm³/mol. The predicted octanol–water partition coefficient (Wildman–Crippen LogP) is 14.3. The van der Waals surface area contributed by atoms with Gasteiger partial charge in [-0.05, 0) is 109 Å². The number of rotatable bonds is 4. The molecule has 2 heterocycles. The smallest absolute Gasteiger partial charge is 0.145 e. The average molecular weight is 700 g/mol. The number of benzene rings is 9. The van der Waals surface area contributed by atoms with Crippen LogP contribution in [0.5, 0.6) is 0 Å². The molecule has 1 aliphatic rings. The molecule has 11 aromatic rings. The summed E-state index contributed by atoms with van der Waals surface area (Å²) in [4.78, 5) is 0. The van der Waals surface area contributed by atoms with Crippen LogP contribution in [0.1, 0.15) is 22.6 Å². The summed E-state index contributed by atoms with van der Waals surface area (Å²) in [6.45, 7) is 0. The third-order valence-corrected chi connectivity index (χ3v) is 11.9. The lowest BCUT2D eigenvalue weighted by atomic mass is 9.87. The Morgan fingerprint density at radius 3 is 2.07 bits per heavy atom. The number of fused-ring (bicyclic) bond motifs is 11. The van der Waals surface area contributed by atoms with Crippen molar-refractivity contribution in [1.29, 1.82) is 0 Å². The van der Waals surface area contributed by atoms with E-state index in [0.29, 0.717) is 0 Å². The Bertz CT molecular complexity index is 3330. The van der Waals surface area contributed by atoms with Gasteiger partial charge in [0.05, 0.1) is 16.4 Å². The number of para-hydroxylation sites is 1. The van der Waals surface area contributed by atoms with Gasteiger partial charge in [-0.2, -0.15) is 0 Å². The van der Waals surface area contributed by atoms with Gasteiger partial charge < -0.3 is 8.98 Å². The van der Waals surface area contributed by atoms with Crippen molar-refractivity contribution in [1.82, 2.24) is 4.57 Å². The Morgan fingerprint density at radius 1 is 0.400 bits per heavy atom. The number of hydrogen-bond donors (Lipinski definition) is 0. The second-order valence-corrected chi connectivity index (χ2v) is 14.8. The van der Waals surface area contributed by atoms with Gasteiger partial charge in [0.25, 0.3) is 0 Å². The van der Waals surface area contributed by atoms with Gasteiger partial charge >= 0.3 is 0 Å². The fourth-order valence-corrected chi connectivity index (χ4v) is 9.33. The molecule has 0 bridgehead atoms. The van der Waals surface area contributed by atoms with E-state index < -0.39 is 0 Å². The highest BCUT2D eigenvalue weighted by atomic mass is 16.3. The van der Waals surface area contributed by atoms with Crippen LogP contribution in [0.2, 0.25) is 0 Å². The molecule has 1 unspecified atom stereocenters. The zero-order valence-electron chi connectivity index (χ0n) is 29.9. The molecule has 2 nitrogen and oxygen atoms in total. The monoisotopic (exact) mass is 699 g/mol. The lowest BCUT2D eigenvalue weighted by Gasteiger charge is -2.16. The van der Waals surface area contributed by atoms with Crippen LogP contribution < -0.4 is 0 Å². The van der Waals surface area contributed by atoms with Crippen LogP contribution in [0.25, 0.3) is 93.6 Å². The topological polar surface area (TPSA) is 18.1 Å². The van der Waals surface area contributed by atoms with Crippen molar-refractivity contribution in [3.05, 3.63) is 211 Å². The zero-order chi connectivity index (χ0) is 36.0. The Kier molecular flexibility index (Phi) is 6.43. The zero-order valence-corrected chi connectivity index (χ0v) is 29.9. The summed E-state index contributed by atoms with van der Waals surface area (Å²) in [5.74, 6) is 0.193. The first-order valence-electron chi connectivity index (χ1n) is 19.0. The average Bonchev–Trinajstić information content (AvgIpc) is 3.91. The molecule has 9 aromatic carbocycles. The van der Waals surface area contributed by atoms with Crippen LogP contribution in [0, 0.1) is 0 Å². The molecule has 0 fully saturated rings. The van der Waals surface area contributed by atoms with Crippen LogP contribution >= 0.6 is 0 Å². The minimum atomic E-state index is 0.193. The van der Waals surface area contributed by atoms with E-state index in [0.717, 1.165) is 44.0 Å². The lowest BCUT2D eigenvalue weighted by Crippen LogP contribution is -1.99.